The Kier molecular flexibility index (Phi) is 5.49. The molecule has 0 atom stereocenters. The Morgan fingerprint density at radius 2 is 2.00 bits per heavy atom. The number of nitrogens with zero attached hydrogens (tertiary/aromatic N) is 1. The maximum absolute atomic E-state index is 12.1. The SMILES string of the molecule is CNCc1ccc(S(=O)(=O)NCCCc2ncc[nH]2)cc1. The summed E-state index contributed by atoms with van der Waals surface area (Å²) in [6, 6.07) is 6.88. The van der Waals surface area contributed by atoms with Crippen LogP contribution in [0.25, 0.3) is 0 Å². The number of hydrogen-bond acceptors (Lipinski definition) is 4. The molecule has 2 aromatic rings. The third-order valence-corrected chi connectivity index (χ3v) is 4.53. The van der Waals surface area contributed by atoms with Crippen molar-refractivity contribution < 1.29 is 8.42 Å². The van der Waals surface area contributed by atoms with E-state index in [1.807, 2.05) is 19.2 Å². The summed E-state index contributed by atoms with van der Waals surface area (Å²) in [7, 11) is -1.58. The Morgan fingerprint density at radius 1 is 1.24 bits per heavy atom. The average molecular weight is 308 g/mol. The first-order valence-corrected chi connectivity index (χ1v) is 8.31. The molecule has 1 aromatic heterocycles. The lowest BCUT2D eigenvalue weighted by atomic mass is 10.2. The van der Waals surface area contributed by atoms with Crippen molar-refractivity contribution in [2.75, 3.05) is 13.6 Å². The highest BCUT2D eigenvalue weighted by Crippen LogP contribution is 2.10. The van der Waals surface area contributed by atoms with Gasteiger partial charge in [-0.05, 0) is 31.2 Å². The number of rotatable bonds is 8. The van der Waals surface area contributed by atoms with Gasteiger partial charge < -0.3 is 10.3 Å². The van der Waals surface area contributed by atoms with E-state index in [0.717, 1.165) is 24.4 Å². The molecule has 0 fully saturated rings. The molecule has 1 heterocycles. The summed E-state index contributed by atoms with van der Waals surface area (Å²) in [5.41, 5.74) is 1.05. The molecule has 114 valence electrons. The van der Waals surface area contributed by atoms with E-state index in [2.05, 4.69) is 20.0 Å². The second-order valence-corrected chi connectivity index (χ2v) is 6.48. The first-order valence-electron chi connectivity index (χ1n) is 6.83. The fraction of sp³-hybridized carbons (Fsp3) is 0.357. The zero-order chi connectivity index (χ0) is 15.1. The van der Waals surface area contributed by atoms with Gasteiger partial charge in [0.25, 0.3) is 0 Å². The largest absolute Gasteiger partial charge is 0.349 e. The molecule has 3 N–H and O–H groups in total. The summed E-state index contributed by atoms with van der Waals surface area (Å²) < 4.78 is 26.8. The van der Waals surface area contributed by atoms with Crippen LogP contribution in [-0.4, -0.2) is 32.0 Å². The molecule has 0 aliphatic carbocycles. The molecule has 0 bridgehead atoms. The molecule has 6 nitrogen and oxygen atoms in total. The number of aryl methyl sites for hydroxylation is 1. The number of sulfonamides is 1. The predicted octanol–water partition coefficient (Wildman–Crippen LogP) is 1.04. The van der Waals surface area contributed by atoms with Crippen LogP contribution in [0.2, 0.25) is 0 Å². The summed E-state index contributed by atoms with van der Waals surface area (Å²) >= 11 is 0. The Bertz CT molecular complexity index is 636. The number of aromatic amines is 1. The van der Waals surface area contributed by atoms with Gasteiger partial charge in [-0.25, -0.2) is 18.1 Å². The summed E-state index contributed by atoms with van der Waals surface area (Å²) in [6.07, 6.45) is 4.86. The van der Waals surface area contributed by atoms with Crippen molar-refractivity contribution in [3.63, 3.8) is 0 Å². The fourth-order valence-corrected chi connectivity index (χ4v) is 3.05. The lowest BCUT2D eigenvalue weighted by Crippen LogP contribution is -2.25. The van der Waals surface area contributed by atoms with Gasteiger partial charge in [-0.15, -0.1) is 0 Å². The molecule has 2 rings (SSSR count). The van der Waals surface area contributed by atoms with Crippen LogP contribution in [0.15, 0.2) is 41.6 Å². The van der Waals surface area contributed by atoms with Crippen LogP contribution in [0.5, 0.6) is 0 Å². The number of nitrogens with one attached hydrogen (secondary N) is 3. The Morgan fingerprint density at radius 3 is 2.62 bits per heavy atom. The summed E-state index contributed by atoms with van der Waals surface area (Å²) in [5, 5.41) is 3.02. The second kappa shape index (κ2) is 7.35. The molecule has 0 aliphatic rings. The van der Waals surface area contributed by atoms with Gasteiger partial charge in [-0.3, -0.25) is 0 Å². The van der Waals surface area contributed by atoms with Gasteiger partial charge in [0, 0.05) is 31.9 Å². The molecule has 21 heavy (non-hydrogen) atoms. The molecular formula is C14H20N4O2S. The zero-order valence-electron chi connectivity index (χ0n) is 12.0. The van der Waals surface area contributed by atoms with Crippen molar-refractivity contribution in [3.05, 3.63) is 48.0 Å². The van der Waals surface area contributed by atoms with Gasteiger partial charge in [0.2, 0.25) is 10.0 Å². The molecule has 0 amide bonds. The van der Waals surface area contributed by atoms with Crippen molar-refractivity contribution in [1.29, 1.82) is 0 Å². The van der Waals surface area contributed by atoms with E-state index in [-0.39, 0.29) is 0 Å². The first kappa shape index (κ1) is 15.7. The molecule has 0 saturated carbocycles. The predicted molar refractivity (Wildman–Crippen MR) is 81.3 cm³/mol. The highest BCUT2D eigenvalue weighted by atomic mass is 32.2. The third-order valence-electron chi connectivity index (χ3n) is 3.05. The molecule has 0 saturated heterocycles. The molecule has 0 unspecified atom stereocenters. The number of imidazole rings is 1. The monoisotopic (exact) mass is 308 g/mol. The fourth-order valence-electron chi connectivity index (χ4n) is 1.97. The maximum atomic E-state index is 12.1. The van der Waals surface area contributed by atoms with Crippen molar-refractivity contribution in [1.82, 2.24) is 20.0 Å². The summed E-state index contributed by atoms with van der Waals surface area (Å²) in [5.74, 6) is 0.866. The number of aromatic nitrogens is 2. The third kappa shape index (κ3) is 4.66. The lowest BCUT2D eigenvalue weighted by molar-refractivity contribution is 0.578. The van der Waals surface area contributed by atoms with Crippen LogP contribution in [0.4, 0.5) is 0 Å². The average Bonchev–Trinajstić information content (AvgIpc) is 2.98. The van der Waals surface area contributed by atoms with E-state index < -0.39 is 10.0 Å². The minimum Gasteiger partial charge on any atom is -0.349 e. The number of benzene rings is 1. The van der Waals surface area contributed by atoms with Gasteiger partial charge in [0.15, 0.2) is 0 Å². The summed E-state index contributed by atoms with van der Waals surface area (Å²) in [4.78, 5) is 7.38. The van der Waals surface area contributed by atoms with E-state index >= 15 is 0 Å². The van der Waals surface area contributed by atoms with Gasteiger partial charge >= 0.3 is 0 Å². The van der Waals surface area contributed by atoms with Crippen LogP contribution in [0.1, 0.15) is 17.8 Å². The van der Waals surface area contributed by atoms with Gasteiger partial charge in [-0.1, -0.05) is 12.1 Å². The topological polar surface area (TPSA) is 86.9 Å². The van der Waals surface area contributed by atoms with Crippen LogP contribution >= 0.6 is 0 Å². The van der Waals surface area contributed by atoms with Gasteiger partial charge in [-0.2, -0.15) is 0 Å². The van der Waals surface area contributed by atoms with Crippen molar-refractivity contribution >= 4 is 10.0 Å². The first-order chi connectivity index (χ1) is 10.1. The van der Waals surface area contributed by atoms with Crippen molar-refractivity contribution in [3.8, 4) is 0 Å². The van der Waals surface area contributed by atoms with Gasteiger partial charge in [0.05, 0.1) is 4.90 Å². The Hall–Kier alpha value is -1.70. The van der Waals surface area contributed by atoms with Crippen molar-refractivity contribution in [2.24, 2.45) is 0 Å². The van der Waals surface area contributed by atoms with E-state index in [1.54, 1.807) is 24.5 Å². The minimum atomic E-state index is -3.43. The summed E-state index contributed by atoms with van der Waals surface area (Å²) in [6.45, 7) is 1.11. The second-order valence-electron chi connectivity index (χ2n) is 4.71. The van der Waals surface area contributed by atoms with Crippen LogP contribution in [0.3, 0.4) is 0 Å². The van der Waals surface area contributed by atoms with Crippen LogP contribution in [0, 0.1) is 0 Å². The molecule has 0 spiro atoms. The van der Waals surface area contributed by atoms with Crippen LogP contribution in [-0.2, 0) is 23.0 Å². The lowest BCUT2D eigenvalue weighted by Gasteiger charge is -2.07. The Labute approximate surface area is 125 Å². The van der Waals surface area contributed by atoms with E-state index in [0.29, 0.717) is 17.9 Å². The normalized spacial score (nSPS) is 11.7. The molecule has 0 aliphatic heterocycles. The quantitative estimate of drug-likeness (QED) is 0.636. The zero-order valence-corrected chi connectivity index (χ0v) is 12.8. The molecule has 7 heteroatoms. The molecule has 1 aromatic carbocycles. The molecular weight excluding hydrogens is 288 g/mol. The van der Waals surface area contributed by atoms with Gasteiger partial charge in [0.1, 0.15) is 5.82 Å². The van der Waals surface area contributed by atoms with Crippen molar-refractivity contribution in [2.45, 2.75) is 24.3 Å². The standard InChI is InChI=1S/C14H20N4O2S/c1-15-11-12-4-6-13(7-5-12)21(19,20)18-8-2-3-14-16-9-10-17-14/h4-7,9-10,15,18H,2-3,8,11H2,1H3,(H,16,17). The highest BCUT2D eigenvalue weighted by molar-refractivity contribution is 7.89. The number of H-pyrrole nitrogens is 1. The van der Waals surface area contributed by atoms with E-state index in [9.17, 15) is 8.42 Å². The van der Waals surface area contributed by atoms with Crippen LogP contribution < -0.4 is 10.0 Å². The Balaban J connectivity index is 1.85. The molecule has 0 radical (unpaired) electrons. The maximum Gasteiger partial charge on any atom is 0.240 e. The van der Waals surface area contributed by atoms with E-state index in [1.165, 1.54) is 0 Å². The smallest absolute Gasteiger partial charge is 0.240 e. The van der Waals surface area contributed by atoms with E-state index in [4.69, 9.17) is 0 Å². The minimum absolute atomic E-state index is 0.292. The highest BCUT2D eigenvalue weighted by Gasteiger charge is 2.12. The number of hydrogen-bond donors (Lipinski definition) is 3.